The lowest BCUT2D eigenvalue weighted by molar-refractivity contribution is -0.125. The summed E-state index contributed by atoms with van der Waals surface area (Å²) < 4.78 is 20.3. The minimum Gasteiger partial charge on any atom is -0.503 e. The highest BCUT2D eigenvalue weighted by Gasteiger charge is 2.76. The summed E-state index contributed by atoms with van der Waals surface area (Å²) in [6, 6.07) is 14.7. The van der Waals surface area contributed by atoms with Crippen LogP contribution in [0.1, 0.15) is 24.3 Å². The lowest BCUT2D eigenvalue weighted by Crippen LogP contribution is -2.60. The number of aromatic hydroxyl groups is 1. The summed E-state index contributed by atoms with van der Waals surface area (Å²) in [4.78, 5) is 54.6. The molecule has 46 heavy (non-hydrogen) atoms. The van der Waals surface area contributed by atoms with E-state index in [1.54, 1.807) is 30.3 Å². The Kier molecular flexibility index (Phi) is 7.43. The highest BCUT2D eigenvalue weighted by Crippen LogP contribution is 2.66. The zero-order chi connectivity index (χ0) is 32.9. The van der Waals surface area contributed by atoms with Crippen LogP contribution in [0.2, 0.25) is 0 Å². The van der Waals surface area contributed by atoms with E-state index in [9.17, 15) is 28.7 Å². The largest absolute Gasteiger partial charge is 0.503 e. The summed E-state index contributed by atoms with van der Waals surface area (Å²) >= 11 is 21.5. The number of allylic oxidation sites excluding steroid dienone is 2. The van der Waals surface area contributed by atoms with Crippen LogP contribution in [-0.4, -0.2) is 45.6 Å². The number of amides is 4. The van der Waals surface area contributed by atoms with Crippen LogP contribution in [0.25, 0.3) is 0 Å². The monoisotopic (exact) mass is 790 g/mol. The minimum atomic E-state index is -2.12. The van der Waals surface area contributed by atoms with Crippen molar-refractivity contribution in [3.63, 3.8) is 0 Å². The molecule has 236 valence electrons. The molecule has 13 heteroatoms. The highest BCUT2D eigenvalue weighted by atomic mass is 79.9. The van der Waals surface area contributed by atoms with Crippen molar-refractivity contribution in [3.05, 3.63) is 92.6 Å². The van der Waals surface area contributed by atoms with Crippen molar-refractivity contribution in [1.29, 1.82) is 0 Å². The Morgan fingerprint density at radius 2 is 1.52 bits per heavy atom. The number of carbonyl (C=O) groups is 4. The van der Waals surface area contributed by atoms with Gasteiger partial charge in [-0.15, -0.1) is 23.2 Å². The number of methoxy groups -OCH3 is 1. The first-order chi connectivity index (χ1) is 21.8. The van der Waals surface area contributed by atoms with Crippen molar-refractivity contribution in [1.82, 2.24) is 0 Å². The van der Waals surface area contributed by atoms with E-state index in [1.165, 1.54) is 30.2 Å². The van der Waals surface area contributed by atoms with Crippen LogP contribution in [0.3, 0.4) is 0 Å². The van der Waals surface area contributed by atoms with Crippen molar-refractivity contribution in [2.75, 3.05) is 16.9 Å². The summed E-state index contributed by atoms with van der Waals surface area (Å²) in [5.74, 6) is -6.60. The first kappa shape index (κ1) is 31.4. The van der Waals surface area contributed by atoms with E-state index in [2.05, 4.69) is 31.9 Å². The fraction of sp³-hybridized carbons (Fsp3) is 0.273. The second kappa shape index (κ2) is 10.9. The third-order valence-electron chi connectivity index (χ3n) is 9.58. The van der Waals surface area contributed by atoms with Crippen molar-refractivity contribution in [2.24, 2.45) is 17.8 Å². The predicted molar refractivity (Wildman–Crippen MR) is 176 cm³/mol. The normalized spacial score (nSPS) is 30.3. The summed E-state index contributed by atoms with van der Waals surface area (Å²) in [5.41, 5.74) is 1.46. The molecular formula is C33H23Br2Cl2FN2O6. The van der Waals surface area contributed by atoms with E-state index in [0.29, 0.717) is 16.8 Å². The van der Waals surface area contributed by atoms with Gasteiger partial charge in [0.05, 0.1) is 34.8 Å². The molecule has 4 aliphatic rings. The van der Waals surface area contributed by atoms with Crippen molar-refractivity contribution >= 4 is 90.1 Å². The van der Waals surface area contributed by atoms with Gasteiger partial charge < -0.3 is 9.84 Å². The summed E-state index contributed by atoms with van der Waals surface area (Å²) in [6.45, 7) is 0. The number of hydrogen-bond donors (Lipinski definition) is 1. The third kappa shape index (κ3) is 4.20. The number of nitrogens with zero attached hydrogens (tertiary/aromatic N) is 2. The molecule has 0 radical (unpaired) electrons. The molecule has 6 atom stereocenters. The number of halogens is 5. The molecule has 3 aromatic rings. The molecule has 1 N–H and O–H groups in total. The first-order valence-electron chi connectivity index (χ1n) is 14.3. The summed E-state index contributed by atoms with van der Waals surface area (Å²) in [5, 5.41) is 10.6. The third-order valence-corrected chi connectivity index (χ3v) is 12.1. The number of benzene rings is 3. The van der Waals surface area contributed by atoms with Crippen LogP contribution >= 0.6 is 55.1 Å². The molecule has 1 saturated carbocycles. The van der Waals surface area contributed by atoms with Gasteiger partial charge in [-0.2, -0.15) is 0 Å². The number of phenolic OH excluding ortho intramolecular Hbond substituents is 1. The van der Waals surface area contributed by atoms with Crippen LogP contribution < -0.4 is 14.5 Å². The van der Waals surface area contributed by atoms with Crippen LogP contribution in [0.15, 0.2) is 81.3 Å². The maximum absolute atomic E-state index is 14.5. The molecule has 2 aliphatic carbocycles. The predicted octanol–water partition coefficient (Wildman–Crippen LogP) is 6.83. The fourth-order valence-corrected chi connectivity index (χ4v) is 9.19. The maximum atomic E-state index is 14.5. The van der Waals surface area contributed by atoms with E-state index in [4.69, 9.17) is 27.9 Å². The molecule has 2 aliphatic heterocycles. The fourth-order valence-electron chi connectivity index (χ4n) is 7.53. The van der Waals surface area contributed by atoms with E-state index in [-0.39, 0.29) is 40.4 Å². The molecule has 0 spiro atoms. The topological polar surface area (TPSA) is 104 Å². The van der Waals surface area contributed by atoms with E-state index >= 15 is 0 Å². The van der Waals surface area contributed by atoms with Gasteiger partial charge in [0.2, 0.25) is 11.8 Å². The average Bonchev–Trinajstić information content (AvgIpc) is 3.37. The Hall–Kier alpha value is -3.25. The molecule has 7 rings (SSSR count). The second-order valence-electron chi connectivity index (χ2n) is 11.8. The molecule has 3 fully saturated rings. The van der Waals surface area contributed by atoms with Gasteiger partial charge in [0, 0.05) is 10.4 Å². The number of ether oxygens (including phenoxy) is 1. The number of carbonyl (C=O) groups excluding carboxylic acids is 4. The van der Waals surface area contributed by atoms with Gasteiger partial charge in [0.25, 0.3) is 11.8 Å². The van der Waals surface area contributed by atoms with Crippen molar-refractivity contribution < 1.29 is 33.4 Å². The van der Waals surface area contributed by atoms with Gasteiger partial charge >= 0.3 is 0 Å². The number of fused-ring (bicyclic) bond motifs is 4. The van der Waals surface area contributed by atoms with Crippen molar-refractivity contribution in [3.8, 4) is 11.5 Å². The van der Waals surface area contributed by atoms with Gasteiger partial charge in [0.15, 0.2) is 21.2 Å². The molecule has 8 nitrogen and oxygen atoms in total. The number of phenols is 1. The molecular weight excluding hydrogens is 770 g/mol. The first-order valence-corrected chi connectivity index (χ1v) is 16.6. The number of rotatable bonds is 4. The maximum Gasteiger partial charge on any atom is 0.258 e. The Morgan fingerprint density at radius 3 is 2.17 bits per heavy atom. The molecule has 3 aromatic carbocycles. The zero-order valence-electron chi connectivity index (χ0n) is 23.8. The molecule has 2 heterocycles. The Morgan fingerprint density at radius 1 is 0.891 bits per heavy atom. The van der Waals surface area contributed by atoms with Gasteiger partial charge in [-0.1, -0.05) is 27.6 Å². The Balaban J connectivity index is 1.42. The molecule has 0 bridgehead atoms. The quantitative estimate of drug-likeness (QED) is 0.177. The lowest BCUT2D eigenvalue weighted by Gasteiger charge is -2.50. The van der Waals surface area contributed by atoms with Crippen LogP contribution in [0.5, 0.6) is 11.5 Å². The molecule has 2 saturated heterocycles. The Bertz CT molecular complexity index is 1890. The van der Waals surface area contributed by atoms with Crippen LogP contribution in [0, 0.1) is 23.6 Å². The highest BCUT2D eigenvalue weighted by molar-refractivity contribution is 9.10. The SMILES string of the molecule is COc1cc([C@H]2C3=CC[C@@H]4C(=O)N(c5ccc(Br)cc5)C(=O)[C@@H]4[C@@H]3C[C@@]3(Cl)C(=O)N(c4ccc(F)cc4)C(=O)[C@@]23Cl)cc(Br)c1O. The minimum absolute atomic E-state index is 0.0712. The molecule has 0 aromatic heterocycles. The lowest BCUT2D eigenvalue weighted by atomic mass is 9.56. The molecule has 4 amide bonds. The standard InChI is InChI=1S/C33H23Br2Cl2FN2O6/c1-46-24-13-15(12-23(35)27(24)41)26-20-10-11-21-25(29(43)39(28(21)42)18-6-2-16(34)3-7-18)22(20)14-32(36)30(44)40(31(45)33(26,32)37)19-8-4-17(38)5-9-19/h2-10,12-13,21-22,25-26,41H,11,14H2,1H3/t21-,22+,25-,26-,32+,33-/m0/s1. The average molecular weight is 793 g/mol. The number of anilines is 2. The number of alkyl halides is 2. The number of hydrogen-bond acceptors (Lipinski definition) is 6. The van der Waals surface area contributed by atoms with Crippen LogP contribution in [0.4, 0.5) is 15.8 Å². The van der Waals surface area contributed by atoms with Gasteiger partial charge in [-0.25, -0.2) is 9.29 Å². The van der Waals surface area contributed by atoms with Crippen molar-refractivity contribution in [2.45, 2.75) is 28.5 Å². The summed E-state index contributed by atoms with van der Waals surface area (Å²) in [6.07, 6.45) is 1.79. The van der Waals surface area contributed by atoms with Gasteiger partial charge in [-0.05, 0) is 101 Å². The van der Waals surface area contributed by atoms with Crippen LogP contribution in [-0.2, 0) is 19.2 Å². The van der Waals surface area contributed by atoms with E-state index in [0.717, 1.165) is 21.5 Å². The van der Waals surface area contributed by atoms with E-state index < -0.39 is 57.0 Å². The van der Waals surface area contributed by atoms with Gasteiger partial charge in [0.1, 0.15) is 5.82 Å². The van der Waals surface area contributed by atoms with E-state index in [1.807, 2.05) is 6.08 Å². The van der Waals surface area contributed by atoms with Gasteiger partial charge in [-0.3, -0.25) is 24.1 Å². The number of imide groups is 2. The second-order valence-corrected chi connectivity index (χ2v) is 14.8. The summed E-state index contributed by atoms with van der Waals surface area (Å²) in [7, 11) is 1.36. The molecule has 0 unspecified atom stereocenters. The Labute approximate surface area is 289 Å². The zero-order valence-corrected chi connectivity index (χ0v) is 28.5. The smallest absolute Gasteiger partial charge is 0.258 e.